The second-order valence-electron chi connectivity index (χ2n) is 7.34. The van der Waals surface area contributed by atoms with Crippen LogP contribution in [0.15, 0.2) is 69.9 Å². The van der Waals surface area contributed by atoms with Crippen LogP contribution in [0.25, 0.3) is 32.7 Å². The maximum Gasteiger partial charge on any atom is 0.275 e. The monoisotopic (exact) mass is 442 g/mol. The van der Waals surface area contributed by atoms with Crippen molar-refractivity contribution < 1.29 is 23.8 Å². The van der Waals surface area contributed by atoms with Crippen LogP contribution in [0.4, 0.5) is 5.69 Å². The summed E-state index contributed by atoms with van der Waals surface area (Å²) in [7, 11) is 1.47. The summed E-state index contributed by atoms with van der Waals surface area (Å²) in [4.78, 5) is 37.0. The topological polar surface area (TPSA) is 126 Å². The van der Waals surface area contributed by atoms with E-state index in [9.17, 15) is 19.5 Å². The molecule has 0 bridgehead atoms. The average molecular weight is 442 g/mol. The van der Waals surface area contributed by atoms with Crippen LogP contribution >= 0.6 is 0 Å². The lowest BCUT2D eigenvalue weighted by atomic mass is 10.1. The van der Waals surface area contributed by atoms with E-state index in [1.165, 1.54) is 19.2 Å². The molecule has 0 atom stereocenters. The number of carbonyl (C=O) groups is 2. The van der Waals surface area contributed by atoms with E-state index in [2.05, 4.69) is 10.4 Å². The number of carboxylic acids is 1. The number of aromatic nitrogens is 2. The Kier molecular flexibility index (Phi) is 4.78. The molecule has 0 fully saturated rings. The van der Waals surface area contributed by atoms with Gasteiger partial charge in [-0.3, -0.25) is 9.59 Å². The molecule has 33 heavy (non-hydrogen) atoms. The Labute approximate surface area is 185 Å². The Morgan fingerprint density at radius 3 is 2.42 bits per heavy atom. The highest BCUT2D eigenvalue weighted by Crippen LogP contribution is 2.36. The van der Waals surface area contributed by atoms with E-state index in [4.69, 9.17) is 9.15 Å². The minimum atomic E-state index is -1.54. The van der Waals surface area contributed by atoms with Gasteiger partial charge in [-0.15, -0.1) is 0 Å². The molecule has 0 aliphatic rings. The molecule has 0 spiro atoms. The van der Waals surface area contributed by atoms with Crippen molar-refractivity contribution in [3.63, 3.8) is 0 Å². The second-order valence-corrected chi connectivity index (χ2v) is 7.34. The maximum atomic E-state index is 12.8. The third-order valence-electron chi connectivity index (χ3n) is 5.33. The molecule has 0 aliphatic carbocycles. The van der Waals surface area contributed by atoms with E-state index in [1.807, 2.05) is 24.3 Å². The van der Waals surface area contributed by atoms with Crippen LogP contribution in [0, 0.1) is 0 Å². The van der Waals surface area contributed by atoms with Crippen LogP contribution in [0.2, 0.25) is 0 Å². The maximum absolute atomic E-state index is 12.8. The number of furan rings is 1. The molecule has 9 nitrogen and oxygen atoms in total. The van der Waals surface area contributed by atoms with Crippen LogP contribution in [0.3, 0.4) is 0 Å². The van der Waals surface area contributed by atoms with E-state index in [1.54, 1.807) is 24.3 Å². The van der Waals surface area contributed by atoms with Crippen molar-refractivity contribution >= 4 is 50.3 Å². The van der Waals surface area contributed by atoms with Crippen LogP contribution in [0.1, 0.15) is 10.5 Å². The van der Waals surface area contributed by atoms with Crippen LogP contribution in [0.5, 0.6) is 5.75 Å². The molecule has 1 N–H and O–H groups in total. The highest BCUT2D eigenvalue weighted by Gasteiger charge is 2.17. The van der Waals surface area contributed by atoms with Gasteiger partial charge in [0.25, 0.3) is 5.56 Å². The number of methoxy groups -OCH3 is 1. The van der Waals surface area contributed by atoms with E-state index in [-0.39, 0.29) is 10.8 Å². The Morgan fingerprint density at radius 2 is 1.70 bits per heavy atom. The molecule has 0 radical (unpaired) electrons. The number of ether oxygens (including phenoxy) is 1. The molecule has 9 heteroatoms. The van der Waals surface area contributed by atoms with Crippen LogP contribution in [-0.2, 0) is 11.3 Å². The van der Waals surface area contributed by atoms with Gasteiger partial charge in [-0.25, -0.2) is 4.68 Å². The minimum absolute atomic E-state index is 0.126. The normalized spacial score (nSPS) is 11.2. The SMILES string of the molecule is COc1cc2c(cc1NC(=O)Cn1nc(C(=O)[O-])c3ccccc3c1=O)oc1ccccc12. The van der Waals surface area contributed by atoms with Crippen molar-refractivity contribution in [3.05, 3.63) is 76.7 Å². The highest BCUT2D eigenvalue weighted by molar-refractivity contribution is 6.07. The smallest absolute Gasteiger partial charge is 0.275 e. The average Bonchev–Trinajstić information content (AvgIpc) is 3.17. The predicted molar refractivity (Wildman–Crippen MR) is 119 cm³/mol. The third-order valence-corrected chi connectivity index (χ3v) is 5.33. The van der Waals surface area contributed by atoms with Gasteiger partial charge in [-0.1, -0.05) is 36.4 Å². The van der Waals surface area contributed by atoms with Gasteiger partial charge in [0, 0.05) is 22.2 Å². The fourth-order valence-corrected chi connectivity index (χ4v) is 3.84. The standard InChI is InChI=1S/C24H17N3O6/c1-32-20-10-16-13-6-4-5-9-18(13)33-19(16)11-17(20)25-21(28)12-27-23(29)15-8-3-2-7-14(15)22(26-27)24(30)31/h2-11H,12H2,1H3,(H,25,28)(H,30,31)/p-1. The van der Waals surface area contributed by atoms with Crippen molar-refractivity contribution in [2.45, 2.75) is 6.54 Å². The van der Waals surface area contributed by atoms with Gasteiger partial charge in [-0.2, -0.15) is 5.10 Å². The Balaban J connectivity index is 1.51. The second kappa shape index (κ2) is 7.79. The molecular formula is C24H16N3O6-. The first kappa shape index (κ1) is 20.3. The first-order valence-electron chi connectivity index (χ1n) is 9.96. The predicted octanol–water partition coefficient (Wildman–Crippen LogP) is 2.31. The van der Waals surface area contributed by atoms with Gasteiger partial charge < -0.3 is 24.4 Å². The minimum Gasteiger partial charge on any atom is -0.543 e. The summed E-state index contributed by atoms with van der Waals surface area (Å²) >= 11 is 0. The van der Waals surface area contributed by atoms with Crippen molar-refractivity contribution in [1.82, 2.24) is 9.78 Å². The van der Waals surface area contributed by atoms with Gasteiger partial charge in [0.1, 0.15) is 29.2 Å². The number of hydrogen-bond donors (Lipinski definition) is 1. The summed E-state index contributed by atoms with van der Waals surface area (Å²) < 4.78 is 12.1. The number of amides is 1. The zero-order chi connectivity index (χ0) is 23.1. The largest absolute Gasteiger partial charge is 0.543 e. The molecule has 0 saturated carbocycles. The molecule has 164 valence electrons. The van der Waals surface area contributed by atoms with Crippen LogP contribution < -0.4 is 20.7 Å². The van der Waals surface area contributed by atoms with Gasteiger partial charge in [-0.05, 0) is 18.2 Å². The van der Waals surface area contributed by atoms with Crippen molar-refractivity contribution in [3.8, 4) is 5.75 Å². The van der Waals surface area contributed by atoms with E-state index < -0.39 is 29.7 Å². The molecule has 1 amide bonds. The van der Waals surface area contributed by atoms with Crippen molar-refractivity contribution in [1.29, 1.82) is 0 Å². The summed E-state index contributed by atoms with van der Waals surface area (Å²) in [6, 6.07) is 17.0. The van der Waals surface area contributed by atoms with E-state index >= 15 is 0 Å². The lowest BCUT2D eigenvalue weighted by Crippen LogP contribution is -2.34. The molecule has 3 aromatic carbocycles. The molecule has 0 aliphatic heterocycles. The number of carboxylic acid groups (broad SMARTS) is 1. The summed E-state index contributed by atoms with van der Waals surface area (Å²) in [6.07, 6.45) is 0. The number of nitrogens with one attached hydrogen (secondary N) is 1. The van der Waals surface area contributed by atoms with Gasteiger partial charge in [0.05, 0.1) is 24.2 Å². The Morgan fingerprint density at radius 1 is 1.00 bits per heavy atom. The third kappa shape index (κ3) is 3.45. The zero-order valence-corrected chi connectivity index (χ0v) is 17.3. The quantitative estimate of drug-likeness (QED) is 0.442. The number of fused-ring (bicyclic) bond motifs is 4. The molecule has 5 aromatic rings. The number of carbonyl (C=O) groups excluding carboxylic acids is 2. The Bertz CT molecular complexity index is 1630. The number of aromatic carboxylic acids is 1. The zero-order valence-electron chi connectivity index (χ0n) is 17.3. The Hall–Kier alpha value is -4.66. The first-order valence-corrected chi connectivity index (χ1v) is 9.96. The lowest BCUT2D eigenvalue weighted by Gasteiger charge is -2.13. The van der Waals surface area contributed by atoms with Gasteiger partial charge in [0.15, 0.2) is 0 Å². The molecule has 0 saturated heterocycles. The van der Waals surface area contributed by atoms with Gasteiger partial charge in [0.2, 0.25) is 5.91 Å². The fraction of sp³-hybridized carbons (Fsp3) is 0.0833. The summed E-state index contributed by atoms with van der Waals surface area (Å²) in [5.74, 6) is -1.74. The summed E-state index contributed by atoms with van der Waals surface area (Å²) in [5.41, 5.74) is 0.569. The number of hydrogen-bond acceptors (Lipinski definition) is 7. The summed E-state index contributed by atoms with van der Waals surface area (Å²) in [5, 5.41) is 20.0. The van der Waals surface area contributed by atoms with Crippen LogP contribution in [-0.4, -0.2) is 28.8 Å². The molecule has 2 aromatic heterocycles. The number of anilines is 1. The van der Waals surface area contributed by atoms with E-state index in [0.717, 1.165) is 15.5 Å². The van der Waals surface area contributed by atoms with Gasteiger partial charge >= 0.3 is 0 Å². The lowest BCUT2D eigenvalue weighted by molar-refractivity contribution is -0.255. The fourth-order valence-electron chi connectivity index (χ4n) is 3.84. The first-order chi connectivity index (χ1) is 16.0. The molecule has 0 unspecified atom stereocenters. The number of rotatable bonds is 5. The van der Waals surface area contributed by atoms with Crippen molar-refractivity contribution in [2.75, 3.05) is 12.4 Å². The molecular weight excluding hydrogens is 426 g/mol. The number of benzene rings is 3. The van der Waals surface area contributed by atoms with Crippen molar-refractivity contribution in [2.24, 2.45) is 0 Å². The number of para-hydroxylation sites is 1. The highest BCUT2D eigenvalue weighted by atomic mass is 16.5. The summed E-state index contributed by atoms with van der Waals surface area (Å²) in [6.45, 7) is -0.509. The molecule has 5 rings (SSSR count). The molecule has 2 heterocycles. The number of nitrogens with zero attached hydrogens (tertiary/aromatic N) is 2. The van der Waals surface area contributed by atoms with E-state index in [0.29, 0.717) is 22.6 Å².